The van der Waals surface area contributed by atoms with Crippen LogP contribution in [-0.2, 0) is 9.63 Å². The number of nitrogens with zero attached hydrogens (tertiary/aromatic N) is 2. The molecule has 2 heterocycles. The van der Waals surface area contributed by atoms with Gasteiger partial charge in [0.25, 0.3) is 0 Å². The number of imidazole rings is 1. The normalized spacial score (nSPS) is 12.2. The summed E-state index contributed by atoms with van der Waals surface area (Å²) < 4.78 is 82.6. The molecule has 0 aliphatic heterocycles. The van der Waals surface area contributed by atoms with Gasteiger partial charge in [-0.2, -0.15) is 13.2 Å². The molecule has 0 unspecified atom stereocenters. The highest BCUT2D eigenvalue weighted by atomic mass is 19.4. The lowest BCUT2D eigenvalue weighted by Gasteiger charge is -2.12. The molecule has 2 N–H and O–H groups in total. The van der Waals surface area contributed by atoms with Crippen molar-refractivity contribution in [3.8, 4) is 11.3 Å². The molecule has 0 saturated heterocycles. The maximum Gasteiger partial charge on any atom is 0.471 e. The van der Waals surface area contributed by atoms with E-state index in [1.165, 1.54) is 16.7 Å². The predicted molar refractivity (Wildman–Crippen MR) is 124 cm³/mol. The summed E-state index contributed by atoms with van der Waals surface area (Å²) in [5.41, 5.74) is 3.44. The molecule has 0 atom stereocenters. The SMILES string of the molecule is CNOCC=C(c1ccccc1)c1ccc2nc(NC(=O)C(F)(F)F)c(-c3ccc(F)c(F)c3F)n2c1. The number of carbonyl (C=O) groups is 1. The Kier molecular flexibility index (Phi) is 7.32. The molecule has 4 rings (SSSR count). The molecule has 2 aromatic heterocycles. The van der Waals surface area contributed by atoms with Gasteiger partial charge >= 0.3 is 12.1 Å². The molecule has 0 bridgehead atoms. The Morgan fingerprint density at radius 2 is 1.73 bits per heavy atom. The zero-order chi connectivity index (χ0) is 26.7. The summed E-state index contributed by atoms with van der Waals surface area (Å²) in [6.07, 6.45) is -2.12. The maximum absolute atomic E-state index is 14.8. The van der Waals surface area contributed by atoms with Crippen LogP contribution in [0.2, 0.25) is 0 Å². The summed E-state index contributed by atoms with van der Waals surface area (Å²) in [7, 11) is 1.58. The molecule has 192 valence electrons. The van der Waals surface area contributed by atoms with Crippen molar-refractivity contribution in [3.63, 3.8) is 0 Å². The van der Waals surface area contributed by atoms with E-state index in [-0.39, 0.29) is 12.3 Å². The van der Waals surface area contributed by atoms with Gasteiger partial charge in [-0.05, 0) is 47.0 Å². The molecule has 0 radical (unpaired) electrons. The lowest BCUT2D eigenvalue weighted by atomic mass is 9.99. The monoisotopic (exact) mass is 520 g/mol. The van der Waals surface area contributed by atoms with Gasteiger partial charge in [0, 0.05) is 18.8 Å². The molecule has 37 heavy (non-hydrogen) atoms. The van der Waals surface area contributed by atoms with Crippen molar-refractivity contribution in [2.75, 3.05) is 19.0 Å². The average Bonchev–Trinajstić information content (AvgIpc) is 3.22. The third-order valence-corrected chi connectivity index (χ3v) is 5.31. The number of nitrogens with one attached hydrogen (secondary N) is 2. The summed E-state index contributed by atoms with van der Waals surface area (Å²) in [4.78, 5) is 20.8. The van der Waals surface area contributed by atoms with Crippen LogP contribution in [0.4, 0.5) is 32.2 Å². The van der Waals surface area contributed by atoms with Gasteiger partial charge in [0.1, 0.15) is 11.3 Å². The van der Waals surface area contributed by atoms with E-state index in [2.05, 4.69) is 10.5 Å². The number of hydrogen-bond acceptors (Lipinski definition) is 4. The fourth-order valence-electron chi connectivity index (χ4n) is 3.66. The molecule has 1 amide bonds. The molecule has 0 aliphatic carbocycles. The Hall–Kier alpha value is -4.16. The Labute approximate surface area is 206 Å². The van der Waals surface area contributed by atoms with Crippen molar-refractivity contribution < 1.29 is 36.0 Å². The van der Waals surface area contributed by atoms with Crippen LogP contribution in [0.25, 0.3) is 22.5 Å². The van der Waals surface area contributed by atoms with Crippen LogP contribution in [0.5, 0.6) is 0 Å². The highest BCUT2D eigenvalue weighted by Gasteiger charge is 2.40. The number of pyridine rings is 1. The first-order valence-electron chi connectivity index (χ1n) is 10.7. The van der Waals surface area contributed by atoms with Gasteiger partial charge in [0.2, 0.25) is 0 Å². The van der Waals surface area contributed by atoms with Gasteiger partial charge < -0.3 is 5.32 Å². The summed E-state index contributed by atoms with van der Waals surface area (Å²) in [5, 5.41) is 1.60. The smallest absolute Gasteiger partial charge is 0.301 e. The van der Waals surface area contributed by atoms with Crippen molar-refractivity contribution in [3.05, 3.63) is 95.4 Å². The highest BCUT2D eigenvalue weighted by Crippen LogP contribution is 2.35. The Morgan fingerprint density at radius 1 is 1.00 bits per heavy atom. The number of alkyl halides is 3. The number of aromatic nitrogens is 2. The van der Waals surface area contributed by atoms with Crippen molar-refractivity contribution in [1.29, 1.82) is 0 Å². The molecular weight excluding hydrogens is 502 g/mol. The number of hydroxylamine groups is 1. The minimum absolute atomic E-state index is 0.0132. The molecule has 4 aromatic rings. The van der Waals surface area contributed by atoms with E-state index in [9.17, 15) is 31.1 Å². The van der Waals surface area contributed by atoms with Crippen molar-refractivity contribution >= 4 is 22.9 Å². The van der Waals surface area contributed by atoms with E-state index >= 15 is 0 Å². The second kappa shape index (κ2) is 10.4. The topological polar surface area (TPSA) is 67.7 Å². The predicted octanol–water partition coefficient (Wildman–Crippen LogP) is 5.50. The molecule has 2 aromatic carbocycles. The van der Waals surface area contributed by atoms with E-state index < -0.39 is 46.6 Å². The first kappa shape index (κ1) is 25.9. The third kappa shape index (κ3) is 5.34. The molecule has 12 heteroatoms. The first-order valence-corrected chi connectivity index (χ1v) is 10.7. The van der Waals surface area contributed by atoms with E-state index in [1.54, 1.807) is 36.6 Å². The second-order valence-electron chi connectivity index (χ2n) is 7.63. The number of rotatable bonds is 7. The molecular formula is C25H18F6N4O2. The summed E-state index contributed by atoms with van der Waals surface area (Å²) in [6, 6.07) is 13.5. The van der Waals surface area contributed by atoms with E-state index in [4.69, 9.17) is 4.84 Å². The Balaban J connectivity index is 1.95. The minimum atomic E-state index is -5.28. The number of halogens is 6. The fraction of sp³-hybridized carbons (Fsp3) is 0.120. The molecule has 0 fully saturated rings. The van der Waals surface area contributed by atoms with Crippen LogP contribution in [0.1, 0.15) is 11.1 Å². The number of benzene rings is 2. The summed E-state index contributed by atoms with van der Waals surface area (Å²) in [6.45, 7) is 0.139. The van der Waals surface area contributed by atoms with Gasteiger partial charge in [-0.3, -0.25) is 14.0 Å². The Morgan fingerprint density at radius 3 is 2.41 bits per heavy atom. The molecule has 0 aliphatic rings. The van der Waals surface area contributed by atoms with Gasteiger partial charge in [0.05, 0.1) is 6.61 Å². The van der Waals surface area contributed by atoms with Gasteiger partial charge in [-0.15, -0.1) is 0 Å². The molecule has 6 nitrogen and oxygen atoms in total. The highest BCUT2D eigenvalue weighted by molar-refractivity contribution is 5.98. The molecule has 0 spiro atoms. The largest absolute Gasteiger partial charge is 0.471 e. The number of carbonyl (C=O) groups excluding carboxylic acids is 1. The van der Waals surface area contributed by atoms with Gasteiger partial charge in [-0.1, -0.05) is 30.3 Å². The number of anilines is 1. The zero-order valence-electron chi connectivity index (χ0n) is 19.0. The first-order chi connectivity index (χ1) is 17.6. The quantitative estimate of drug-likeness (QED) is 0.146. The van der Waals surface area contributed by atoms with Crippen LogP contribution in [0.3, 0.4) is 0 Å². The van der Waals surface area contributed by atoms with Crippen molar-refractivity contribution in [2.45, 2.75) is 6.18 Å². The lowest BCUT2D eigenvalue weighted by Crippen LogP contribution is -2.30. The fourth-order valence-corrected chi connectivity index (χ4v) is 3.66. The summed E-state index contributed by atoms with van der Waals surface area (Å²) >= 11 is 0. The van der Waals surface area contributed by atoms with Crippen LogP contribution >= 0.6 is 0 Å². The van der Waals surface area contributed by atoms with Gasteiger partial charge in [-0.25, -0.2) is 23.6 Å². The zero-order valence-corrected chi connectivity index (χ0v) is 19.0. The van der Waals surface area contributed by atoms with E-state index in [0.717, 1.165) is 11.6 Å². The number of fused-ring (bicyclic) bond motifs is 1. The Bertz CT molecular complexity index is 1480. The van der Waals surface area contributed by atoms with Crippen LogP contribution in [0, 0.1) is 17.5 Å². The van der Waals surface area contributed by atoms with E-state index in [0.29, 0.717) is 17.2 Å². The van der Waals surface area contributed by atoms with Crippen molar-refractivity contribution in [2.24, 2.45) is 0 Å². The standard InChI is InChI=1S/C25H18F6N4O2/c1-32-37-12-11-16(14-5-3-2-4-6-14)15-7-10-19-33-23(34-24(36)25(29,30)31)22(35(19)13-15)17-8-9-18(26)21(28)20(17)27/h2-11,13,32H,12H2,1H3,(H,34,36). The van der Waals surface area contributed by atoms with Crippen LogP contribution in [0.15, 0.2) is 66.9 Å². The van der Waals surface area contributed by atoms with Crippen molar-refractivity contribution in [1.82, 2.24) is 14.9 Å². The number of hydrogen-bond donors (Lipinski definition) is 2. The third-order valence-electron chi connectivity index (χ3n) is 5.31. The van der Waals surface area contributed by atoms with E-state index in [1.807, 2.05) is 18.2 Å². The minimum Gasteiger partial charge on any atom is -0.301 e. The van der Waals surface area contributed by atoms with Crippen LogP contribution in [-0.4, -0.2) is 35.1 Å². The second-order valence-corrected chi connectivity index (χ2v) is 7.63. The average molecular weight is 520 g/mol. The number of amides is 1. The van der Waals surface area contributed by atoms with Gasteiger partial charge in [0.15, 0.2) is 23.3 Å². The summed E-state index contributed by atoms with van der Waals surface area (Å²) in [5.74, 6) is -8.03. The lowest BCUT2D eigenvalue weighted by molar-refractivity contribution is -0.167. The molecule has 0 saturated carbocycles. The van der Waals surface area contributed by atoms with Crippen LogP contribution < -0.4 is 10.8 Å². The maximum atomic E-state index is 14.8.